The first-order valence-corrected chi connectivity index (χ1v) is 35.2. The number of esters is 3. The number of rotatable bonds is 66. The van der Waals surface area contributed by atoms with Gasteiger partial charge in [-0.15, -0.1) is 0 Å². The van der Waals surface area contributed by atoms with Crippen LogP contribution in [0.1, 0.15) is 406 Å². The first-order chi connectivity index (χ1) is 38.0. The molecule has 6 nitrogen and oxygen atoms in total. The molecule has 0 bridgehead atoms. The minimum atomic E-state index is -0.763. The Labute approximate surface area is 481 Å². The van der Waals surface area contributed by atoms with Gasteiger partial charge in [0.25, 0.3) is 0 Å². The number of carbonyl (C=O) groups is 3. The Hall–Kier alpha value is -1.85. The molecule has 0 aliphatic heterocycles. The lowest BCUT2D eigenvalue weighted by molar-refractivity contribution is -0.167. The van der Waals surface area contributed by atoms with Crippen molar-refractivity contribution in [3.63, 3.8) is 0 Å². The molecule has 456 valence electrons. The molecule has 0 aromatic heterocycles. The predicted octanol–water partition coefficient (Wildman–Crippen LogP) is 24.0. The normalized spacial score (nSPS) is 12.0. The van der Waals surface area contributed by atoms with Crippen molar-refractivity contribution in [2.45, 2.75) is 412 Å². The summed E-state index contributed by atoms with van der Waals surface area (Å²) in [5, 5.41) is 0. The Balaban J connectivity index is 4.05. The number of allylic oxidation sites excluding steroid dienone is 2. The Bertz CT molecular complexity index is 1200. The third kappa shape index (κ3) is 64.9. The maximum Gasteiger partial charge on any atom is 0.306 e. The molecule has 0 radical (unpaired) electrons. The van der Waals surface area contributed by atoms with Crippen molar-refractivity contribution in [3.05, 3.63) is 12.2 Å². The van der Waals surface area contributed by atoms with Crippen LogP contribution in [0, 0.1) is 0 Å². The van der Waals surface area contributed by atoms with E-state index in [0.29, 0.717) is 19.3 Å². The molecular weight excluding hydrogens is 949 g/mol. The van der Waals surface area contributed by atoms with Gasteiger partial charge in [0, 0.05) is 19.3 Å². The molecule has 0 aliphatic carbocycles. The number of carbonyl (C=O) groups excluding carboxylic acids is 3. The lowest BCUT2D eigenvalue weighted by Crippen LogP contribution is -2.30. The molecule has 0 aromatic carbocycles. The summed E-state index contributed by atoms with van der Waals surface area (Å²) in [5.74, 6) is -0.830. The fourth-order valence-corrected chi connectivity index (χ4v) is 11.0. The topological polar surface area (TPSA) is 78.9 Å². The van der Waals surface area contributed by atoms with Crippen LogP contribution < -0.4 is 0 Å². The van der Waals surface area contributed by atoms with Crippen LogP contribution in [0.5, 0.6) is 0 Å². The standard InChI is InChI=1S/C71H136O6/c1-4-7-10-13-16-19-22-24-26-28-30-31-32-33-34-35-36-37-38-39-40-41-42-44-45-47-49-52-55-58-61-64-70(73)76-67-68(66-75-69(72)63-60-57-54-51-21-18-15-12-9-6-3)77-71(74)65-62-59-56-53-50-48-46-43-29-27-25-23-20-17-14-11-8-5-2/h28,30,68H,4-27,29,31-67H2,1-3H3/b30-28-. The highest BCUT2D eigenvalue weighted by Crippen LogP contribution is 2.19. The van der Waals surface area contributed by atoms with E-state index in [1.807, 2.05) is 0 Å². The van der Waals surface area contributed by atoms with Crippen molar-refractivity contribution in [2.75, 3.05) is 13.2 Å². The van der Waals surface area contributed by atoms with E-state index >= 15 is 0 Å². The summed E-state index contributed by atoms with van der Waals surface area (Å²) >= 11 is 0. The van der Waals surface area contributed by atoms with Crippen LogP contribution >= 0.6 is 0 Å². The third-order valence-electron chi connectivity index (χ3n) is 16.3. The Morgan fingerprint density at radius 3 is 0.649 bits per heavy atom. The van der Waals surface area contributed by atoms with E-state index in [-0.39, 0.29) is 31.1 Å². The largest absolute Gasteiger partial charge is 0.462 e. The maximum atomic E-state index is 12.9. The van der Waals surface area contributed by atoms with Crippen molar-refractivity contribution in [2.24, 2.45) is 0 Å². The SMILES string of the molecule is CCCCCCCCCC/C=C\CCCCCCCCCCCCCCCCCCCCCC(=O)OCC(COC(=O)CCCCCCCCCCCC)OC(=O)CCCCCCCCCCCCCCCCCCCC. The zero-order valence-electron chi connectivity index (χ0n) is 52.5. The van der Waals surface area contributed by atoms with E-state index in [1.54, 1.807) is 0 Å². The Morgan fingerprint density at radius 1 is 0.247 bits per heavy atom. The minimum Gasteiger partial charge on any atom is -0.462 e. The second-order valence-corrected chi connectivity index (χ2v) is 24.2. The molecule has 0 saturated carbocycles. The minimum absolute atomic E-state index is 0.0622. The first kappa shape index (κ1) is 75.2. The summed E-state index contributed by atoms with van der Waals surface area (Å²) in [6, 6.07) is 0. The molecule has 0 heterocycles. The van der Waals surface area contributed by atoms with Gasteiger partial charge >= 0.3 is 17.9 Å². The van der Waals surface area contributed by atoms with Gasteiger partial charge in [0.1, 0.15) is 13.2 Å². The van der Waals surface area contributed by atoms with Gasteiger partial charge < -0.3 is 14.2 Å². The third-order valence-corrected chi connectivity index (χ3v) is 16.3. The van der Waals surface area contributed by atoms with Gasteiger partial charge in [0.2, 0.25) is 0 Å². The van der Waals surface area contributed by atoms with Crippen LogP contribution in [-0.2, 0) is 28.6 Å². The van der Waals surface area contributed by atoms with Crippen LogP contribution in [0.3, 0.4) is 0 Å². The van der Waals surface area contributed by atoms with Crippen LogP contribution in [-0.4, -0.2) is 37.2 Å². The number of hydrogen-bond donors (Lipinski definition) is 0. The smallest absolute Gasteiger partial charge is 0.306 e. The molecule has 0 rings (SSSR count). The summed E-state index contributed by atoms with van der Waals surface area (Å²) < 4.78 is 16.9. The highest BCUT2D eigenvalue weighted by molar-refractivity contribution is 5.71. The first-order valence-electron chi connectivity index (χ1n) is 35.2. The lowest BCUT2D eigenvalue weighted by Gasteiger charge is -2.18. The van der Waals surface area contributed by atoms with Crippen molar-refractivity contribution >= 4 is 17.9 Å². The molecular formula is C71H136O6. The maximum absolute atomic E-state index is 12.9. The molecule has 0 aromatic rings. The highest BCUT2D eigenvalue weighted by atomic mass is 16.6. The molecule has 0 aliphatic rings. The predicted molar refractivity (Wildman–Crippen MR) is 335 cm³/mol. The number of unbranched alkanes of at least 4 members (excludes halogenated alkanes) is 53. The summed E-state index contributed by atoms with van der Waals surface area (Å²) in [6.45, 7) is 6.71. The van der Waals surface area contributed by atoms with E-state index < -0.39 is 6.10 Å². The van der Waals surface area contributed by atoms with Gasteiger partial charge in [-0.1, -0.05) is 354 Å². The number of hydrogen-bond acceptors (Lipinski definition) is 6. The van der Waals surface area contributed by atoms with E-state index in [4.69, 9.17) is 14.2 Å². The van der Waals surface area contributed by atoms with Gasteiger partial charge in [0.05, 0.1) is 0 Å². The summed E-state index contributed by atoms with van der Waals surface area (Å²) in [4.78, 5) is 38.3. The van der Waals surface area contributed by atoms with Crippen LogP contribution in [0.4, 0.5) is 0 Å². The average Bonchev–Trinajstić information content (AvgIpc) is 3.43. The number of ether oxygens (including phenoxy) is 3. The van der Waals surface area contributed by atoms with Crippen molar-refractivity contribution in [3.8, 4) is 0 Å². The average molecular weight is 1090 g/mol. The molecule has 6 heteroatoms. The van der Waals surface area contributed by atoms with E-state index in [1.165, 1.54) is 308 Å². The summed E-state index contributed by atoms with van der Waals surface area (Å²) in [6.07, 6.45) is 79.7. The molecule has 0 amide bonds. The molecule has 1 atom stereocenters. The molecule has 0 spiro atoms. The van der Waals surface area contributed by atoms with E-state index in [0.717, 1.165) is 57.8 Å². The van der Waals surface area contributed by atoms with Crippen molar-refractivity contribution in [1.29, 1.82) is 0 Å². The van der Waals surface area contributed by atoms with Gasteiger partial charge in [-0.25, -0.2) is 0 Å². The monoisotopic (exact) mass is 1090 g/mol. The zero-order valence-corrected chi connectivity index (χ0v) is 52.5. The lowest BCUT2D eigenvalue weighted by atomic mass is 10.0. The molecule has 0 fully saturated rings. The molecule has 0 saturated heterocycles. The molecule has 77 heavy (non-hydrogen) atoms. The van der Waals surface area contributed by atoms with Crippen LogP contribution in [0.15, 0.2) is 12.2 Å². The second-order valence-electron chi connectivity index (χ2n) is 24.2. The van der Waals surface area contributed by atoms with Gasteiger partial charge in [-0.3, -0.25) is 14.4 Å². The quantitative estimate of drug-likeness (QED) is 0.0261. The van der Waals surface area contributed by atoms with E-state index in [2.05, 4.69) is 32.9 Å². The van der Waals surface area contributed by atoms with Gasteiger partial charge in [-0.05, 0) is 44.9 Å². The summed E-state index contributed by atoms with van der Waals surface area (Å²) in [5.41, 5.74) is 0. The Morgan fingerprint density at radius 2 is 0.429 bits per heavy atom. The fraction of sp³-hybridized carbons (Fsp3) is 0.930. The van der Waals surface area contributed by atoms with E-state index in [9.17, 15) is 14.4 Å². The van der Waals surface area contributed by atoms with Crippen LogP contribution in [0.25, 0.3) is 0 Å². The second kappa shape index (κ2) is 66.7. The van der Waals surface area contributed by atoms with Crippen molar-refractivity contribution < 1.29 is 28.6 Å². The molecule has 1 unspecified atom stereocenters. The van der Waals surface area contributed by atoms with Crippen LogP contribution in [0.2, 0.25) is 0 Å². The zero-order chi connectivity index (χ0) is 55.7. The summed E-state index contributed by atoms with van der Waals surface area (Å²) in [7, 11) is 0. The fourth-order valence-electron chi connectivity index (χ4n) is 11.0. The molecule has 0 N–H and O–H groups in total. The van der Waals surface area contributed by atoms with Gasteiger partial charge in [0.15, 0.2) is 6.10 Å². The highest BCUT2D eigenvalue weighted by Gasteiger charge is 2.19. The van der Waals surface area contributed by atoms with Gasteiger partial charge in [-0.2, -0.15) is 0 Å². The van der Waals surface area contributed by atoms with Crippen molar-refractivity contribution in [1.82, 2.24) is 0 Å². The Kier molecular flexibility index (Phi) is 65.1.